The number of ether oxygens (including phenoxy) is 1. The number of benzene rings is 1. The molecule has 0 aliphatic rings. The monoisotopic (exact) mass is 267 g/mol. The van der Waals surface area contributed by atoms with Gasteiger partial charge in [-0.05, 0) is 17.7 Å². The van der Waals surface area contributed by atoms with Crippen LogP contribution in [0.3, 0.4) is 0 Å². The lowest BCUT2D eigenvalue weighted by Gasteiger charge is -2.13. The van der Waals surface area contributed by atoms with Gasteiger partial charge in [0.1, 0.15) is 11.8 Å². The molecule has 0 saturated carbocycles. The van der Waals surface area contributed by atoms with E-state index in [1.165, 1.54) is 7.11 Å². The molecule has 0 spiro atoms. The maximum absolute atomic E-state index is 11.7. The standard InChI is InChI=1S/C13H17NO5/c1-19-10-4-2-3-9(7-10)8-12(16)14-11(5-6-15)13(17)18/h2-4,7,11,15H,5-6,8H2,1H3,(H,14,16)(H,17,18)/t11-/m1/s1. The molecule has 1 aromatic carbocycles. The summed E-state index contributed by atoms with van der Waals surface area (Å²) in [6, 6.07) is 5.91. The average molecular weight is 267 g/mol. The minimum absolute atomic E-state index is 0.0147. The molecule has 0 aromatic heterocycles. The molecule has 1 rings (SSSR count). The molecule has 0 aliphatic carbocycles. The SMILES string of the molecule is COc1cccc(CC(=O)N[C@H](CCO)C(=O)O)c1. The molecule has 0 radical (unpaired) electrons. The fourth-order valence-electron chi connectivity index (χ4n) is 1.60. The summed E-state index contributed by atoms with van der Waals surface area (Å²) in [5.41, 5.74) is 0.727. The minimum atomic E-state index is -1.16. The second-order valence-electron chi connectivity index (χ2n) is 4.00. The Hall–Kier alpha value is -2.08. The van der Waals surface area contributed by atoms with Gasteiger partial charge < -0.3 is 20.3 Å². The molecule has 0 fully saturated rings. The number of carboxylic acid groups (broad SMARTS) is 1. The van der Waals surface area contributed by atoms with E-state index in [9.17, 15) is 9.59 Å². The van der Waals surface area contributed by atoms with Gasteiger partial charge >= 0.3 is 5.97 Å². The van der Waals surface area contributed by atoms with Crippen molar-refractivity contribution in [2.75, 3.05) is 13.7 Å². The summed E-state index contributed by atoms with van der Waals surface area (Å²) >= 11 is 0. The smallest absolute Gasteiger partial charge is 0.326 e. The van der Waals surface area contributed by atoms with Crippen molar-refractivity contribution in [1.29, 1.82) is 0 Å². The van der Waals surface area contributed by atoms with Crippen LogP contribution in [0, 0.1) is 0 Å². The number of carbonyl (C=O) groups excluding carboxylic acids is 1. The summed E-state index contributed by atoms with van der Waals surface area (Å²) in [6.45, 7) is -0.295. The van der Waals surface area contributed by atoms with Crippen molar-refractivity contribution in [3.05, 3.63) is 29.8 Å². The lowest BCUT2D eigenvalue weighted by molar-refractivity contribution is -0.142. The Morgan fingerprint density at radius 1 is 1.42 bits per heavy atom. The van der Waals surface area contributed by atoms with Crippen LogP contribution in [0.5, 0.6) is 5.75 Å². The Morgan fingerprint density at radius 3 is 2.74 bits per heavy atom. The van der Waals surface area contributed by atoms with E-state index in [4.69, 9.17) is 14.9 Å². The summed E-state index contributed by atoms with van der Waals surface area (Å²) in [5, 5.41) is 19.9. The van der Waals surface area contributed by atoms with Gasteiger partial charge in [-0.15, -0.1) is 0 Å². The molecule has 6 nitrogen and oxygen atoms in total. The van der Waals surface area contributed by atoms with Crippen molar-refractivity contribution >= 4 is 11.9 Å². The first-order valence-electron chi connectivity index (χ1n) is 5.82. The number of aliphatic carboxylic acids is 1. The summed E-state index contributed by atoms with van der Waals surface area (Å²) < 4.78 is 5.04. The van der Waals surface area contributed by atoms with Crippen LogP contribution in [0.15, 0.2) is 24.3 Å². The molecule has 104 valence electrons. The first-order chi connectivity index (χ1) is 9.06. The molecule has 1 atom stereocenters. The molecule has 0 heterocycles. The van der Waals surface area contributed by atoms with Gasteiger partial charge in [0.15, 0.2) is 0 Å². The van der Waals surface area contributed by atoms with Crippen molar-refractivity contribution < 1.29 is 24.5 Å². The van der Waals surface area contributed by atoms with Gasteiger partial charge in [0.05, 0.1) is 13.5 Å². The van der Waals surface area contributed by atoms with Crippen LogP contribution in [0.25, 0.3) is 0 Å². The molecule has 0 bridgehead atoms. The van der Waals surface area contributed by atoms with Crippen LogP contribution in [-0.2, 0) is 16.0 Å². The molecule has 1 amide bonds. The molecule has 3 N–H and O–H groups in total. The van der Waals surface area contributed by atoms with Crippen molar-refractivity contribution in [3.8, 4) is 5.75 Å². The third-order valence-electron chi connectivity index (χ3n) is 2.55. The Balaban J connectivity index is 2.60. The van der Waals surface area contributed by atoms with Gasteiger partial charge in [0.2, 0.25) is 5.91 Å². The van der Waals surface area contributed by atoms with Crippen molar-refractivity contribution in [1.82, 2.24) is 5.32 Å². The average Bonchev–Trinajstić information content (AvgIpc) is 2.38. The van der Waals surface area contributed by atoms with Crippen LogP contribution < -0.4 is 10.1 Å². The van der Waals surface area contributed by atoms with Gasteiger partial charge in [-0.2, -0.15) is 0 Å². The third-order valence-corrected chi connectivity index (χ3v) is 2.55. The van der Waals surface area contributed by atoms with E-state index in [0.29, 0.717) is 5.75 Å². The summed E-state index contributed by atoms with van der Waals surface area (Å²) in [4.78, 5) is 22.5. The van der Waals surface area contributed by atoms with Crippen LogP contribution >= 0.6 is 0 Å². The zero-order valence-corrected chi connectivity index (χ0v) is 10.6. The summed E-state index contributed by atoms with van der Waals surface area (Å²) in [6.07, 6.45) is 0.0472. The normalized spacial score (nSPS) is 11.7. The maximum atomic E-state index is 11.7. The minimum Gasteiger partial charge on any atom is -0.497 e. The van der Waals surface area contributed by atoms with Gasteiger partial charge in [-0.1, -0.05) is 12.1 Å². The molecule has 0 saturated heterocycles. The van der Waals surface area contributed by atoms with E-state index in [-0.39, 0.29) is 19.4 Å². The summed E-state index contributed by atoms with van der Waals surface area (Å²) in [5.74, 6) is -0.933. The molecule has 0 aliphatic heterocycles. The zero-order valence-electron chi connectivity index (χ0n) is 10.6. The van der Waals surface area contributed by atoms with Gasteiger partial charge in [0.25, 0.3) is 0 Å². The van der Waals surface area contributed by atoms with E-state index in [1.807, 2.05) is 0 Å². The highest BCUT2D eigenvalue weighted by Gasteiger charge is 2.19. The van der Waals surface area contributed by atoms with Gasteiger partial charge in [-0.25, -0.2) is 4.79 Å². The fourth-order valence-corrected chi connectivity index (χ4v) is 1.60. The predicted octanol–water partition coefficient (Wildman–Crippen LogP) is 0.189. The second kappa shape index (κ2) is 7.38. The number of amides is 1. The first-order valence-corrected chi connectivity index (χ1v) is 5.82. The topological polar surface area (TPSA) is 95.9 Å². The van der Waals surface area contributed by atoms with E-state index in [1.54, 1.807) is 24.3 Å². The Labute approximate surface area is 111 Å². The first kappa shape index (κ1) is 15.0. The predicted molar refractivity (Wildman–Crippen MR) is 68.0 cm³/mol. The zero-order chi connectivity index (χ0) is 14.3. The second-order valence-corrected chi connectivity index (χ2v) is 4.00. The number of carbonyl (C=O) groups is 2. The molecule has 6 heteroatoms. The number of rotatable bonds is 7. The number of hydrogen-bond acceptors (Lipinski definition) is 4. The Bertz CT molecular complexity index is 446. The van der Waals surface area contributed by atoms with Gasteiger partial charge in [0, 0.05) is 13.0 Å². The highest BCUT2D eigenvalue weighted by atomic mass is 16.5. The Morgan fingerprint density at radius 2 is 2.16 bits per heavy atom. The summed E-state index contributed by atoms with van der Waals surface area (Å²) in [7, 11) is 1.53. The highest BCUT2D eigenvalue weighted by Crippen LogP contribution is 2.12. The van der Waals surface area contributed by atoms with Crippen LogP contribution in [0.1, 0.15) is 12.0 Å². The van der Waals surface area contributed by atoms with E-state index in [2.05, 4.69) is 5.32 Å². The molecule has 19 heavy (non-hydrogen) atoms. The van der Waals surface area contributed by atoms with Crippen molar-refractivity contribution in [2.24, 2.45) is 0 Å². The van der Waals surface area contributed by atoms with E-state index in [0.717, 1.165) is 5.56 Å². The molecule has 1 aromatic rings. The number of aliphatic hydroxyl groups is 1. The maximum Gasteiger partial charge on any atom is 0.326 e. The Kier molecular flexibility index (Phi) is 5.81. The van der Waals surface area contributed by atoms with Gasteiger partial charge in [-0.3, -0.25) is 4.79 Å². The number of aliphatic hydroxyl groups excluding tert-OH is 1. The molecule has 0 unspecified atom stereocenters. The number of nitrogens with one attached hydrogen (secondary N) is 1. The van der Waals surface area contributed by atoms with Crippen LogP contribution in [0.4, 0.5) is 0 Å². The van der Waals surface area contributed by atoms with E-state index >= 15 is 0 Å². The van der Waals surface area contributed by atoms with Crippen molar-refractivity contribution in [2.45, 2.75) is 18.9 Å². The van der Waals surface area contributed by atoms with Crippen LogP contribution in [0.2, 0.25) is 0 Å². The number of hydrogen-bond donors (Lipinski definition) is 3. The number of carboxylic acids is 1. The fraction of sp³-hybridized carbons (Fsp3) is 0.385. The van der Waals surface area contributed by atoms with Crippen molar-refractivity contribution in [3.63, 3.8) is 0 Å². The highest BCUT2D eigenvalue weighted by molar-refractivity contribution is 5.84. The molecular weight excluding hydrogens is 250 g/mol. The van der Waals surface area contributed by atoms with E-state index < -0.39 is 17.9 Å². The number of methoxy groups -OCH3 is 1. The lowest BCUT2D eigenvalue weighted by Crippen LogP contribution is -2.42. The molecular formula is C13H17NO5. The third kappa shape index (κ3) is 4.97. The van der Waals surface area contributed by atoms with Crippen LogP contribution in [-0.4, -0.2) is 41.8 Å². The lowest BCUT2D eigenvalue weighted by atomic mass is 10.1. The largest absolute Gasteiger partial charge is 0.497 e. The quantitative estimate of drug-likeness (QED) is 0.655.